The van der Waals surface area contributed by atoms with Gasteiger partial charge in [0.2, 0.25) is 5.78 Å². The lowest BCUT2D eigenvalue weighted by Crippen LogP contribution is -2.03. The average molecular weight is 304 g/mol. The van der Waals surface area contributed by atoms with Gasteiger partial charge in [-0.1, -0.05) is 17.7 Å². The van der Waals surface area contributed by atoms with Gasteiger partial charge in [-0.15, -0.1) is 0 Å². The van der Waals surface area contributed by atoms with E-state index < -0.39 is 11.6 Å². The molecule has 2 rings (SSSR count). The fourth-order valence-corrected chi connectivity index (χ4v) is 1.81. The highest BCUT2D eigenvalue weighted by Crippen LogP contribution is 2.24. The van der Waals surface area contributed by atoms with Crippen molar-refractivity contribution in [3.63, 3.8) is 0 Å². The Hall–Kier alpha value is -1.13. The Morgan fingerprint density at radius 3 is 2.75 bits per heavy atom. The summed E-state index contributed by atoms with van der Waals surface area (Å²) in [7, 11) is 0. The lowest BCUT2D eigenvalue weighted by Gasteiger charge is -2.01. The maximum atomic E-state index is 13.6. The lowest BCUT2D eigenvalue weighted by molar-refractivity contribution is 0.100. The van der Waals surface area contributed by atoms with E-state index in [2.05, 4.69) is 15.9 Å². The first-order valence-corrected chi connectivity index (χ1v) is 5.50. The number of hydrogen-bond donors (Lipinski definition) is 0. The molecule has 0 saturated carbocycles. The van der Waals surface area contributed by atoms with Crippen LogP contribution < -0.4 is 0 Å². The third-order valence-corrected chi connectivity index (χ3v) is 2.94. The number of halogens is 3. The molecule has 82 valence electrons. The summed E-state index contributed by atoms with van der Waals surface area (Å²) in [5.41, 5.74) is -0.108. The number of carbonyl (C=O) groups excluding carboxylic acids is 1. The van der Waals surface area contributed by atoms with Crippen molar-refractivity contribution in [2.24, 2.45) is 0 Å². The van der Waals surface area contributed by atoms with Crippen molar-refractivity contribution < 1.29 is 13.6 Å². The van der Waals surface area contributed by atoms with Crippen LogP contribution >= 0.6 is 27.5 Å². The van der Waals surface area contributed by atoms with E-state index in [1.165, 1.54) is 24.5 Å². The molecule has 1 heterocycles. The van der Waals surface area contributed by atoms with Crippen molar-refractivity contribution in [3.05, 3.63) is 57.2 Å². The zero-order valence-corrected chi connectivity index (χ0v) is 10.2. The molecule has 0 fully saturated rings. The van der Waals surface area contributed by atoms with Gasteiger partial charge in [-0.05, 0) is 34.1 Å². The van der Waals surface area contributed by atoms with Gasteiger partial charge >= 0.3 is 0 Å². The Labute approximate surface area is 104 Å². The van der Waals surface area contributed by atoms with Gasteiger partial charge in [0.15, 0.2) is 11.6 Å². The Kier molecular flexibility index (Phi) is 3.12. The zero-order chi connectivity index (χ0) is 11.7. The highest BCUT2D eigenvalue weighted by Gasteiger charge is 2.20. The van der Waals surface area contributed by atoms with E-state index in [0.29, 0.717) is 4.47 Å². The van der Waals surface area contributed by atoms with Gasteiger partial charge in [0, 0.05) is 0 Å². The predicted octanol–water partition coefficient (Wildman–Crippen LogP) is 4.07. The second kappa shape index (κ2) is 4.39. The Morgan fingerprint density at radius 2 is 2.12 bits per heavy atom. The molecule has 16 heavy (non-hydrogen) atoms. The van der Waals surface area contributed by atoms with Crippen molar-refractivity contribution in [1.29, 1.82) is 0 Å². The van der Waals surface area contributed by atoms with E-state index in [1.54, 1.807) is 6.07 Å². The number of carbonyl (C=O) groups is 1. The van der Waals surface area contributed by atoms with Crippen molar-refractivity contribution in [2.75, 3.05) is 0 Å². The van der Waals surface area contributed by atoms with Crippen LogP contribution in [0.25, 0.3) is 0 Å². The highest BCUT2D eigenvalue weighted by atomic mass is 79.9. The SMILES string of the molecule is O=C(c1cccc(Cl)c1F)c1occc1Br. The molecule has 0 bridgehead atoms. The van der Waals surface area contributed by atoms with Crippen LogP contribution in [-0.4, -0.2) is 5.78 Å². The molecule has 0 atom stereocenters. The first-order valence-electron chi connectivity index (χ1n) is 4.33. The smallest absolute Gasteiger partial charge is 0.232 e. The Morgan fingerprint density at radius 1 is 1.38 bits per heavy atom. The minimum absolute atomic E-state index is 0.0566. The first-order chi connectivity index (χ1) is 7.61. The number of furan rings is 1. The molecule has 0 aliphatic carbocycles. The molecule has 0 amide bonds. The van der Waals surface area contributed by atoms with E-state index in [9.17, 15) is 9.18 Å². The third-order valence-electron chi connectivity index (χ3n) is 2.02. The van der Waals surface area contributed by atoms with Crippen molar-refractivity contribution in [3.8, 4) is 0 Å². The highest BCUT2D eigenvalue weighted by molar-refractivity contribution is 9.10. The molecule has 0 radical (unpaired) electrons. The summed E-state index contributed by atoms with van der Waals surface area (Å²) in [5, 5.41) is -0.0893. The van der Waals surface area contributed by atoms with Crippen LogP contribution in [0.2, 0.25) is 5.02 Å². The molecule has 0 unspecified atom stereocenters. The summed E-state index contributed by atoms with van der Waals surface area (Å²) in [4.78, 5) is 11.9. The fourth-order valence-electron chi connectivity index (χ4n) is 1.26. The van der Waals surface area contributed by atoms with Crippen LogP contribution in [0.3, 0.4) is 0 Å². The maximum Gasteiger partial charge on any atom is 0.232 e. The normalized spacial score (nSPS) is 10.4. The number of rotatable bonds is 2. The van der Waals surface area contributed by atoms with Crippen LogP contribution in [0.5, 0.6) is 0 Å². The van der Waals surface area contributed by atoms with Crippen LogP contribution in [-0.2, 0) is 0 Å². The zero-order valence-electron chi connectivity index (χ0n) is 7.84. The monoisotopic (exact) mass is 302 g/mol. The van der Waals surface area contributed by atoms with Gasteiger partial charge < -0.3 is 4.42 Å². The molecular weight excluding hydrogens is 298 g/mol. The largest absolute Gasteiger partial charge is 0.460 e. The summed E-state index contributed by atoms with van der Waals surface area (Å²) in [5.74, 6) is -1.23. The summed E-state index contributed by atoms with van der Waals surface area (Å²) < 4.78 is 19.0. The van der Waals surface area contributed by atoms with Crippen molar-refractivity contribution >= 4 is 33.3 Å². The number of hydrogen-bond acceptors (Lipinski definition) is 2. The average Bonchev–Trinajstić information content (AvgIpc) is 2.68. The molecule has 0 spiro atoms. The number of benzene rings is 1. The van der Waals surface area contributed by atoms with Gasteiger partial charge in [0.1, 0.15) is 0 Å². The van der Waals surface area contributed by atoms with Gasteiger partial charge in [0.25, 0.3) is 0 Å². The molecule has 0 saturated heterocycles. The summed E-state index contributed by atoms with van der Waals surface area (Å²) in [6.45, 7) is 0. The third kappa shape index (κ3) is 1.90. The predicted molar refractivity (Wildman–Crippen MR) is 61.3 cm³/mol. The second-order valence-electron chi connectivity index (χ2n) is 3.03. The summed E-state index contributed by atoms with van der Waals surface area (Å²) >= 11 is 8.73. The summed E-state index contributed by atoms with van der Waals surface area (Å²) in [6.07, 6.45) is 1.35. The number of ketones is 1. The topological polar surface area (TPSA) is 30.2 Å². The van der Waals surface area contributed by atoms with E-state index >= 15 is 0 Å². The molecule has 0 aliphatic rings. The van der Waals surface area contributed by atoms with Crippen molar-refractivity contribution in [1.82, 2.24) is 0 Å². The minimum atomic E-state index is -0.738. The standard InChI is InChI=1S/C11H5BrClFO2/c12-7-4-5-16-11(7)10(15)6-2-1-3-8(13)9(6)14/h1-5H. The van der Waals surface area contributed by atoms with E-state index in [1.807, 2.05) is 0 Å². The van der Waals surface area contributed by atoms with Crippen LogP contribution in [0.1, 0.15) is 16.1 Å². The van der Waals surface area contributed by atoms with Crippen LogP contribution in [0, 0.1) is 5.82 Å². The van der Waals surface area contributed by atoms with Gasteiger partial charge in [-0.3, -0.25) is 4.79 Å². The molecule has 0 N–H and O–H groups in total. The summed E-state index contributed by atoms with van der Waals surface area (Å²) in [6, 6.07) is 5.81. The molecule has 2 nitrogen and oxygen atoms in total. The maximum absolute atomic E-state index is 13.6. The van der Waals surface area contributed by atoms with Gasteiger partial charge in [-0.2, -0.15) is 0 Å². The quantitative estimate of drug-likeness (QED) is 0.783. The first kappa shape index (κ1) is 11.4. The van der Waals surface area contributed by atoms with Crippen LogP contribution in [0.15, 0.2) is 39.4 Å². The van der Waals surface area contributed by atoms with E-state index in [4.69, 9.17) is 16.0 Å². The molecule has 0 aliphatic heterocycles. The Balaban J connectivity index is 2.50. The van der Waals surface area contributed by atoms with Gasteiger partial charge in [-0.25, -0.2) is 4.39 Å². The Bertz CT molecular complexity index is 551. The second-order valence-corrected chi connectivity index (χ2v) is 4.29. The van der Waals surface area contributed by atoms with Crippen molar-refractivity contribution in [2.45, 2.75) is 0 Å². The molecule has 2 aromatic rings. The molecule has 5 heteroatoms. The van der Waals surface area contributed by atoms with E-state index in [0.717, 1.165) is 0 Å². The molecule has 1 aromatic carbocycles. The minimum Gasteiger partial charge on any atom is -0.460 e. The van der Waals surface area contributed by atoms with Gasteiger partial charge in [0.05, 0.1) is 21.3 Å². The van der Waals surface area contributed by atoms with E-state index in [-0.39, 0.29) is 16.3 Å². The molecule has 1 aromatic heterocycles. The van der Waals surface area contributed by atoms with Crippen LogP contribution in [0.4, 0.5) is 4.39 Å². The fraction of sp³-hybridized carbons (Fsp3) is 0. The molecular formula is C11H5BrClFO2. The lowest BCUT2D eigenvalue weighted by atomic mass is 10.1.